The van der Waals surface area contributed by atoms with E-state index >= 15 is 0 Å². The van der Waals surface area contributed by atoms with Crippen LogP contribution in [-0.2, 0) is 16.3 Å². The van der Waals surface area contributed by atoms with Crippen molar-refractivity contribution < 1.29 is 14.3 Å². The molecule has 0 fully saturated rings. The first-order chi connectivity index (χ1) is 12.7. The van der Waals surface area contributed by atoms with Gasteiger partial charge < -0.3 is 15.2 Å². The summed E-state index contributed by atoms with van der Waals surface area (Å²) >= 11 is 6.17. The number of methoxy groups -OCH3 is 1. The van der Waals surface area contributed by atoms with Crippen molar-refractivity contribution in [3.63, 3.8) is 0 Å². The molecule has 0 aliphatic carbocycles. The van der Waals surface area contributed by atoms with Crippen LogP contribution < -0.4 is 10.5 Å². The number of ether oxygens (including phenoxy) is 2. The maximum absolute atomic E-state index is 12.2. The second kappa shape index (κ2) is 6.99. The minimum absolute atomic E-state index is 0.0130. The summed E-state index contributed by atoms with van der Waals surface area (Å²) in [4.78, 5) is 29.2. The molecule has 0 aliphatic rings. The van der Waals surface area contributed by atoms with Gasteiger partial charge in [-0.05, 0) is 26.8 Å². The number of fused-ring (bicyclic) bond motifs is 1. The van der Waals surface area contributed by atoms with E-state index < -0.39 is 5.41 Å². The molecule has 3 rings (SSSR count). The van der Waals surface area contributed by atoms with E-state index in [4.69, 9.17) is 26.8 Å². The third kappa shape index (κ3) is 3.77. The summed E-state index contributed by atoms with van der Waals surface area (Å²) in [6.07, 6.45) is 0. The topological polar surface area (TPSA) is 118 Å². The van der Waals surface area contributed by atoms with Gasteiger partial charge in [-0.2, -0.15) is 9.97 Å². The first-order valence-electron chi connectivity index (χ1n) is 8.08. The SMILES string of the molecule is COc1cccc(-c2nc3c(Cl)nc(N)nc3n2COC(=O)C(C)(C)C)n1. The van der Waals surface area contributed by atoms with E-state index in [-0.39, 0.29) is 23.8 Å². The Morgan fingerprint density at radius 1 is 1.22 bits per heavy atom. The molecule has 0 radical (unpaired) electrons. The molecule has 27 heavy (non-hydrogen) atoms. The lowest BCUT2D eigenvalue weighted by molar-refractivity contribution is -0.156. The van der Waals surface area contributed by atoms with E-state index in [1.54, 1.807) is 43.5 Å². The Bertz CT molecular complexity index is 1010. The second-order valence-electron chi connectivity index (χ2n) is 6.78. The summed E-state index contributed by atoms with van der Waals surface area (Å²) in [5.41, 5.74) is 6.23. The number of nitrogens with zero attached hydrogens (tertiary/aromatic N) is 5. The third-order valence-corrected chi connectivity index (χ3v) is 3.93. The van der Waals surface area contributed by atoms with Gasteiger partial charge in [0, 0.05) is 6.07 Å². The number of hydrogen-bond acceptors (Lipinski definition) is 8. The van der Waals surface area contributed by atoms with E-state index in [0.29, 0.717) is 28.6 Å². The van der Waals surface area contributed by atoms with Gasteiger partial charge in [-0.3, -0.25) is 9.36 Å². The Morgan fingerprint density at radius 2 is 1.96 bits per heavy atom. The van der Waals surface area contributed by atoms with Crippen molar-refractivity contribution in [1.29, 1.82) is 0 Å². The van der Waals surface area contributed by atoms with Crippen LogP contribution in [0.2, 0.25) is 5.15 Å². The average Bonchev–Trinajstić information content (AvgIpc) is 2.97. The first-order valence-corrected chi connectivity index (χ1v) is 8.46. The van der Waals surface area contributed by atoms with Gasteiger partial charge in [0.05, 0.1) is 12.5 Å². The third-order valence-electron chi connectivity index (χ3n) is 3.67. The molecular formula is C17H19ClN6O3. The van der Waals surface area contributed by atoms with Gasteiger partial charge in [0.1, 0.15) is 11.2 Å². The largest absolute Gasteiger partial charge is 0.481 e. The molecule has 0 atom stereocenters. The van der Waals surface area contributed by atoms with Gasteiger partial charge >= 0.3 is 5.97 Å². The lowest BCUT2D eigenvalue weighted by Crippen LogP contribution is -2.24. The minimum Gasteiger partial charge on any atom is -0.481 e. The van der Waals surface area contributed by atoms with E-state index in [2.05, 4.69) is 19.9 Å². The number of hydrogen-bond donors (Lipinski definition) is 1. The fourth-order valence-corrected chi connectivity index (χ4v) is 2.51. The summed E-state index contributed by atoms with van der Waals surface area (Å²) in [5.74, 6) is 0.421. The summed E-state index contributed by atoms with van der Waals surface area (Å²) in [5, 5.41) is 0.0996. The Hall–Kier alpha value is -2.94. The van der Waals surface area contributed by atoms with Crippen LogP contribution in [0.5, 0.6) is 5.88 Å². The lowest BCUT2D eigenvalue weighted by Gasteiger charge is -2.17. The van der Waals surface area contributed by atoms with Crippen LogP contribution >= 0.6 is 11.6 Å². The van der Waals surface area contributed by atoms with Gasteiger partial charge in [0.25, 0.3) is 0 Å². The number of anilines is 1. The number of nitrogens with two attached hydrogens (primary N) is 1. The molecule has 0 saturated heterocycles. The van der Waals surface area contributed by atoms with Crippen molar-refractivity contribution in [2.75, 3.05) is 12.8 Å². The van der Waals surface area contributed by atoms with Crippen LogP contribution in [0.4, 0.5) is 5.95 Å². The molecule has 3 aromatic rings. The number of esters is 1. The number of halogens is 1. The predicted octanol–water partition coefficient (Wildman–Crippen LogP) is 2.68. The zero-order chi connectivity index (χ0) is 19.8. The Morgan fingerprint density at radius 3 is 2.63 bits per heavy atom. The van der Waals surface area contributed by atoms with Crippen molar-refractivity contribution in [2.45, 2.75) is 27.5 Å². The highest BCUT2D eigenvalue weighted by atomic mass is 35.5. The summed E-state index contributed by atoms with van der Waals surface area (Å²) in [6.45, 7) is 5.17. The summed E-state index contributed by atoms with van der Waals surface area (Å²) < 4.78 is 12.2. The number of aromatic nitrogens is 5. The molecule has 10 heteroatoms. The number of rotatable bonds is 4. The van der Waals surface area contributed by atoms with Crippen molar-refractivity contribution in [3.8, 4) is 17.4 Å². The van der Waals surface area contributed by atoms with Crippen molar-refractivity contribution in [1.82, 2.24) is 24.5 Å². The van der Waals surface area contributed by atoms with Gasteiger partial charge in [-0.25, -0.2) is 9.97 Å². The van der Waals surface area contributed by atoms with Gasteiger partial charge in [-0.1, -0.05) is 17.7 Å². The van der Waals surface area contributed by atoms with Crippen LogP contribution in [0.15, 0.2) is 18.2 Å². The molecule has 0 bridgehead atoms. The summed E-state index contributed by atoms with van der Waals surface area (Å²) in [6, 6.07) is 5.23. The molecule has 0 aliphatic heterocycles. The van der Waals surface area contributed by atoms with Gasteiger partial charge in [0.2, 0.25) is 11.8 Å². The number of carbonyl (C=O) groups is 1. The number of nitrogen functional groups attached to an aromatic ring is 1. The molecule has 0 saturated carbocycles. The average molecular weight is 391 g/mol. The fourth-order valence-electron chi connectivity index (χ4n) is 2.29. The molecule has 0 unspecified atom stereocenters. The normalized spacial score (nSPS) is 11.6. The highest BCUT2D eigenvalue weighted by molar-refractivity contribution is 6.33. The van der Waals surface area contributed by atoms with Crippen LogP contribution in [0.25, 0.3) is 22.7 Å². The highest BCUT2D eigenvalue weighted by Gasteiger charge is 2.25. The quantitative estimate of drug-likeness (QED) is 0.533. The molecule has 3 heterocycles. The smallest absolute Gasteiger partial charge is 0.312 e. The maximum atomic E-state index is 12.2. The maximum Gasteiger partial charge on any atom is 0.312 e. The zero-order valence-electron chi connectivity index (χ0n) is 15.4. The standard InChI is InChI=1S/C17H19ClN6O3/c1-17(2,3)15(25)27-8-24-13(9-6-5-7-10(20-9)26-4)21-11-12(18)22-16(19)23-14(11)24/h5-7H,8H2,1-4H3,(H2,19,22,23). The highest BCUT2D eigenvalue weighted by Crippen LogP contribution is 2.28. The van der Waals surface area contributed by atoms with E-state index in [9.17, 15) is 4.79 Å². The second-order valence-corrected chi connectivity index (χ2v) is 7.14. The molecule has 3 aromatic heterocycles. The van der Waals surface area contributed by atoms with Gasteiger partial charge in [-0.15, -0.1) is 0 Å². The van der Waals surface area contributed by atoms with Crippen molar-refractivity contribution >= 4 is 34.7 Å². The van der Waals surface area contributed by atoms with Crippen LogP contribution in [-0.4, -0.2) is 37.6 Å². The van der Waals surface area contributed by atoms with Crippen molar-refractivity contribution in [3.05, 3.63) is 23.4 Å². The zero-order valence-corrected chi connectivity index (χ0v) is 16.1. The molecule has 0 aromatic carbocycles. The molecule has 142 valence electrons. The fraction of sp³-hybridized carbons (Fsp3) is 0.353. The monoisotopic (exact) mass is 390 g/mol. The van der Waals surface area contributed by atoms with E-state index in [1.807, 2.05) is 0 Å². The van der Waals surface area contributed by atoms with Gasteiger partial charge in [0.15, 0.2) is 23.4 Å². The predicted molar refractivity (Wildman–Crippen MR) is 100 cm³/mol. The number of carbonyl (C=O) groups excluding carboxylic acids is 1. The molecule has 9 nitrogen and oxygen atoms in total. The van der Waals surface area contributed by atoms with Crippen molar-refractivity contribution in [2.24, 2.45) is 5.41 Å². The first kappa shape index (κ1) is 18.8. The Balaban J connectivity index is 2.14. The minimum atomic E-state index is -0.656. The van der Waals surface area contributed by atoms with E-state index in [1.165, 1.54) is 7.11 Å². The molecule has 0 amide bonds. The Labute approximate surface area is 160 Å². The van der Waals surface area contributed by atoms with Crippen LogP contribution in [0, 0.1) is 5.41 Å². The molecular weight excluding hydrogens is 372 g/mol. The molecule has 0 spiro atoms. The lowest BCUT2D eigenvalue weighted by atomic mass is 9.98. The van der Waals surface area contributed by atoms with Crippen LogP contribution in [0.3, 0.4) is 0 Å². The number of imidazole rings is 1. The van der Waals surface area contributed by atoms with Crippen LogP contribution in [0.1, 0.15) is 20.8 Å². The molecule has 2 N–H and O–H groups in total. The summed E-state index contributed by atoms with van der Waals surface area (Å²) in [7, 11) is 1.52. The Kier molecular flexibility index (Phi) is 4.88. The number of pyridine rings is 1. The van der Waals surface area contributed by atoms with E-state index in [0.717, 1.165) is 0 Å².